The largest absolute Gasteiger partial charge is 0.486 e. The van der Waals surface area contributed by atoms with E-state index in [1.807, 2.05) is 18.4 Å². The molecule has 2 saturated heterocycles. The topological polar surface area (TPSA) is 79.9 Å². The standard InChI is InChI=1S/C17H21N3O4S/c1-25-14-8-13-12(23-5-6-24-13)7-11(14)9-20-4-2-3-17(10-20)15(21)18-16(22)19-17/h7-8H,2-6,9-10H2,1H3,(H2,18,19,21,22). The number of hydrogen-bond donors (Lipinski definition) is 2. The highest BCUT2D eigenvalue weighted by Gasteiger charge is 2.48. The van der Waals surface area contributed by atoms with Gasteiger partial charge in [-0.05, 0) is 43.3 Å². The Balaban J connectivity index is 1.55. The molecule has 0 aromatic heterocycles. The first-order chi connectivity index (χ1) is 12.1. The van der Waals surface area contributed by atoms with Crippen LogP contribution in [0.5, 0.6) is 11.5 Å². The summed E-state index contributed by atoms with van der Waals surface area (Å²) in [7, 11) is 0. The van der Waals surface area contributed by atoms with Gasteiger partial charge in [0.2, 0.25) is 0 Å². The van der Waals surface area contributed by atoms with E-state index in [0.29, 0.717) is 32.7 Å². The van der Waals surface area contributed by atoms with Crippen LogP contribution in [0.15, 0.2) is 17.0 Å². The van der Waals surface area contributed by atoms with Crippen LogP contribution in [-0.4, -0.2) is 54.9 Å². The highest BCUT2D eigenvalue weighted by atomic mass is 32.2. The molecule has 0 radical (unpaired) electrons. The zero-order chi connectivity index (χ0) is 17.4. The second-order valence-electron chi connectivity index (χ2n) is 6.61. The lowest BCUT2D eigenvalue weighted by Crippen LogP contribution is -2.58. The predicted octanol–water partition coefficient (Wildman–Crippen LogP) is 1.35. The van der Waals surface area contributed by atoms with Gasteiger partial charge in [0.05, 0.1) is 0 Å². The number of imide groups is 1. The summed E-state index contributed by atoms with van der Waals surface area (Å²) in [5, 5.41) is 5.19. The van der Waals surface area contributed by atoms with Gasteiger partial charge in [0.1, 0.15) is 18.8 Å². The lowest BCUT2D eigenvalue weighted by molar-refractivity contribution is -0.126. The average Bonchev–Trinajstić information content (AvgIpc) is 2.87. The van der Waals surface area contributed by atoms with E-state index in [9.17, 15) is 9.59 Å². The summed E-state index contributed by atoms with van der Waals surface area (Å²) in [6, 6.07) is 3.67. The number of ether oxygens (including phenoxy) is 2. The van der Waals surface area contributed by atoms with Crippen LogP contribution in [0, 0.1) is 0 Å². The number of benzene rings is 1. The minimum Gasteiger partial charge on any atom is -0.486 e. The molecule has 3 amide bonds. The van der Waals surface area contributed by atoms with Crippen molar-refractivity contribution in [3.8, 4) is 11.5 Å². The van der Waals surface area contributed by atoms with Crippen LogP contribution >= 0.6 is 11.8 Å². The van der Waals surface area contributed by atoms with Crippen LogP contribution in [0.4, 0.5) is 4.79 Å². The maximum atomic E-state index is 12.2. The summed E-state index contributed by atoms with van der Waals surface area (Å²) in [6.07, 6.45) is 3.59. The number of rotatable bonds is 3. The number of nitrogens with zero attached hydrogens (tertiary/aromatic N) is 1. The lowest BCUT2D eigenvalue weighted by Gasteiger charge is -2.38. The number of hydrogen-bond acceptors (Lipinski definition) is 6. The van der Waals surface area contributed by atoms with E-state index >= 15 is 0 Å². The molecule has 25 heavy (non-hydrogen) atoms. The molecular weight excluding hydrogens is 342 g/mol. The van der Waals surface area contributed by atoms with Crippen LogP contribution in [0.1, 0.15) is 18.4 Å². The maximum absolute atomic E-state index is 12.2. The SMILES string of the molecule is CSc1cc2c(cc1CN1CCCC3(C1)NC(=O)NC3=O)OCCO2. The van der Waals surface area contributed by atoms with Gasteiger partial charge in [0.25, 0.3) is 5.91 Å². The molecule has 8 heteroatoms. The van der Waals surface area contributed by atoms with Crippen molar-refractivity contribution < 1.29 is 19.1 Å². The molecule has 1 aromatic rings. The van der Waals surface area contributed by atoms with Gasteiger partial charge >= 0.3 is 6.03 Å². The van der Waals surface area contributed by atoms with Crippen LogP contribution in [0.25, 0.3) is 0 Å². The molecule has 3 aliphatic heterocycles. The molecule has 0 aliphatic carbocycles. The Morgan fingerprint density at radius 1 is 1.24 bits per heavy atom. The summed E-state index contributed by atoms with van der Waals surface area (Å²) in [5.41, 5.74) is 0.362. The van der Waals surface area contributed by atoms with Crippen LogP contribution in [0.3, 0.4) is 0 Å². The minimum absolute atomic E-state index is 0.213. The quantitative estimate of drug-likeness (QED) is 0.623. The third-order valence-corrected chi connectivity index (χ3v) is 5.74. The van der Waals surface area contributed by atoms with E-state index in [2.05, 4.69) is 15.5 Å². The van der Waals surface area contributed by atoms with Gasteiger partial charge in [-0.25, -0.2) is 4.79 Å². The van der Waals surface area contributed by atoms with Crippen molar-refractivity contribution in [2.45, 2.75) is 29.8 Å². The number of piperidine rings is 1. The van der Waals surface area contributed by atoms with E-state index in [1.54, 1.807) is 11.8 Å². The van der Waals surface area contributed by atoms with E-state index in [0.717, 1.165) is 34.9 Å². The number of fused-ring (bicyclic) bond motifs is 1. The number of carbonyl (C=O) groups excluding carboxylic acids is 2. The van der Waals surface area contributed by atoms with E-state index in [-0.39, 0.29) is 5.91 Å². The molecule has 4 rings (SSSR count). The fourth-order valence-electron chi connectivity index (χ4n) is 3.76. The Bertz CT molecular complexity index is 726. The van der Waals surface area contributed by atoms with Crippen molar-refractivity contribution in [1.82, 2.24) is 15.5 Å². The first kappa shape index (κ1) is 16.5. The summed E-state index contributed by atoms with van der Waals surface area (Å²) in [4.78, 5) is 27.1. The molecule has 3 aliphatic rings. The number of likely N-dealkylation sites (tertiary alicyclic amines) is 1. The van der Waals surface area contributed by atoms with Gasteiger partial charge in [-0.2, -0.15) is 0 Å². The predicted molar refractivity (Wildman–Crippen MR) is 93.1 cm³/mol. The van der Waals surface area contributed by atoms with Crippen LogP contribution < -0.4 is 20.1 Å². The summed E-state index contributed by atoms with van der Waals surface area (Å²) < 4.78 is 11.4. The van der Waals surface area contributed by atoms with Gasteiger partial charge < -0.3 is 14.8 Å². The normalized spacial score (nSPS) is 25.8. The van der Waals surface area contributed by atoms with Gasteiger partial charge in [-0.3, -0.25) is 15.0 Å². The Morgan fingerprint density at radius 2 is 2.00 bits per heavy atom. The Kier molecular flexibility index (Phi) is 4.24. The Labute approximate surface area is 150 Å². The molecule has 0 saturated carbocycles. The van der Waals surface area contributed by atoms with Gasteiger partial charge in [0, 0.05) is 18.0 Å². The zero-order valence-corrected chi connectivity index (χ0v) is 14.9. The molecule has 1 aromatic carbocycles. The molecule has 2 fully saturated rings. The monoisotopic (exact) mass is 363 g/mol. The van der Waals surface area contributed by atoms with E-state index in [4.69, 9.17) is 9.47 Å². The molecule has 134 valence electrons. The van der Waals surface area contributed by atoms with E-state index in [1.165, 1.54) is 0 Å². The second kappa shape index (κ2) is 6.42. The van der Waals surface area contributed by atoms with Crippen LogP contribution in [0.2, 0.25) is 0 Å². The smallest absolute Gasteiger partial charge is 0.322 e. The summed E-state index contributed by atoms with van der Waals surface area (Å²) >= 11 is 1.67. The van der Waals surface area contributed by atoms with Gasteiger partial charge in [0.15, 0.2) is 11.5 Å². The highest BCUT2D eigenvalue weighted by molar-refractivity contribution is 7.98. The van der Waals surface area contributed by atoms with Crippen molar-refractivity contribution in [1.29, 1.82) is 0 Å². The van der Waals surface area contributed by atoms with Crippen molar-refractivity contribution in [2.75, 3.05) is 32.6 Å². The number of carbonyl (C=O) groups is 2. The first-order valence-corrected chi connectivity index (χ1v) is 9.65. The molecular formula is C17H21N3O4S. The second-order valence-corrected chi connectivity index (χ2v) is 7.46. The molecule has 1 atom stereocenters. The fourth-order valence-corrected chi connectivity index (χ4v) is 4.37. The number of thioether (sulfide) groups is 1. The molecule has 3 heterocycles. The average molecular weight is 363 g/mol. The molecule has 1 spiro atoms. The van der Waals surface area contributed by atoms with Gasteiger partial charge in [-0.15, -0.1) is 11.8 Å². The third kappa shape index (κ3) is 3.04. The minimum atomic E-state index is -0.789. The number of urea groups is 1. The lowest BCUT2D eigenvalue weighted by atomic mass is 9.89. The summed E-state index contributed by atoms with van der Waals surface area (Å²) in [5.74, 6) is 1.35. The Morgan fingerprint density at radius 3 is 2.68 bits per heavy atom. The van der Waals surface area contributed by atoms with Crippen molar-refractivity contribution in [2.24, 2.45) is 0 Å². The van der Waals surface area contributed by atoms with E-state index < -0.39 is 11.6 Å². The van der Waals surface area contributed by atoms with Crippen molar-refractivity contribution >= 4 is 23.7 Å². The number of nitrogens with one attached hydrogen (secondary N) is 2. The molecule has 2 N–H and O–H groups in total. The van der Waals surface area contributed by atoms with Crippen LogP contribution in [-0.2, 0) is 11.3 Å². The third-order valence-electron chi connectivity index (χ3n) is 4.93. The molecule has 1 unspecified atom stereocenters. The van der Waals surface area contributed by atoms with Crippen molar-refractivity contribution in [3.63, 3.8) is 0 Å². The first-order valence-electron chi connectivity index (χ1n) is 8.42. The molecule has 0 bridgehead atoms. The zero-order valence-electron chi connectivity index (χ0n) is 14.1. The highest BCUT2D eigenvalue weighted by Crippen LogP contribution is 2.37. The molecule has 7 nitrogen and oxygen atoms in total. The number of amides is 3. The van der Waals surface area contributed by atoms with Crippen molar-refractivity contribution in [3.05, 3.63) is 17.7 Å². The Hall–Kier alpha value is -1.93. The summed E-state index contributed by atoms with van der Waals surface area (Å²) in [6.45, 7) is 3.26. The fraction of sp³-hybridized carbons (Fsp3) is 0.529. The maximum Gasteiger partial charge on any atom is 0.322 e. The van der Waals surface area contributed by atoms with Gasteiger partial charge in [-0.1, -0.05) is 0 Å².